The van der Waals surface area contributed by atoms with Crippen LogP contribution in [0.25, 0.3) is 11.1 Å². The highest BCUT2D eigenvalue weighted by Crippen LogP contribution is 2.29. The monoisotopic (exact) mass is 329 g/mol. The molecule has 0 aliphatic heterocycles. The molecule has 24 heavy (non-hydrogen) atoms. The van der Waals surface area contributed by atoms with Gasteiger partial charge in [0.2, 0.25) is 5.95 Å². The van der Waals surface area contributed by atoms with E-state index in [1.807, 2.05) is 19.1 Å². The third-order valence-electron chi connectivity index (χ3n) is 3.23. The van der Waals surface area contributed by atoms with Crippen LogP contribution in [0.2, 0.25) is 0 Å². The number of nitrogens with zero attached hydrogens (tertiary/aromatic N) is 3. The van der Waals surface area contributed by atoms with Crippen molar-refractivity contribution in [2.45, 2.75) is 13.1 Å². The van der Waals surface area contributed by atoms with Gasteiger partial charge in [-0.1, -0.05) is 12.1 Å². The van der Waals surface area contributed by atoms with Crippen molar-refractivity contribution in [3.63, 3.8) is 0 Å². The highest BCUT2D eigenvalue weighted by Gasteiger charge is 2.32. The van der Waals surface area contributed by atoms with Gasteiger partial charge in [0.1, 0.15) is 5.69 Å². The molecule has 1 N–H and O–H groups in total. The fourth-order valence-electron chi connectivity index (χ4n) is 2.22. The topological polar surface area (TPSA) is 50.7 Å². The Morgan fingerprint density at radius 1 is 1.08 bits per heavy atom. The van der Waals surface area contributed by atoms with Crippen LogP contribution in [0.4, 0.5) is 24.8 Å². The number of pyridine rings is 1. The smallest absolute Gasteiger partial charge is 0.324 e. The zero-order valence-electron chi connectivity index (χ0n) is 12.6. The Morgan fingerprint density at radius 3 is 2.62 bits per heavy atom. The SMILES string of the molecule is Cc1cc(Nc2nccc(C(F)(F)F)n2)cc(-c2cc[c]nc2)c1. The molecule has 0 amide bonds. The molecule has 7 heteroatoms. The molecule has 3 aromatic rings. The molecule has 1 aromatic carbocycles. The first-order valence-electron chi connectivity index (χ1n) is 7.03. The average molecular weight is 329 g/mol. The standard InChI is InChI=1S/C17H12F3N4/c1-11-7-13(12-3-2-5-21-10-12)9-14(8-11)23-16-22-6-4-15(24-16)17(18,19)20/h2-4,6-10H,1H3,(H,22,23,24). The molecule has 0 fully saturated rings. The van der Waals surface area contributed by atoms with Crippen molar-refractivity contribution in [2.75, 3.05) is 5.32 Å². The van der Waals surface area contributed by atoms with Gasteiger partial charge in [-0.15, -0.1) is 0 Å². The number of aromatic nitrogens is 3. The van der Waals surface area contributed by atoms with Crippen molar-refractivity contribution in [1.82, 2.24) is 15.0 Å². The van der Waals surface area contributed by atoms with E-state index in [1.54, 1.807) is 24.4 Å². The predicted molar refractivity (Wildman–Crippen MR) is 83.6 cm³/mol. The van der Waals surface area contributed by atoms with Crippen LogP contribution >= 0.6 is 0 Å². The molecule has 0 saturated heterocycles. The maximum absolute atomic E-state index is 12.7. The third kappa shape index (κ3) is 3.68. The number of anilines is 2. The molecule has 0 saturated carbocycles. The molecule has 0 aliphatic rings. The third-order valence-corrected chi connectivity index (χ3v) is 3.23. The lowest BCUT2D eigenvalue weighted by Crippen LogP contribution is -2.10. The zero-order valence-corrected chi connectivity index (χ0v) is 12.6. The molecule has 2 heterocycles. The van der Waals surface area contributed by atoms with Gasteiger partial charge in [-0.25, -0.2) is 9.97 Å². The lowest BCUT2D eigenvalue weighted by Gasteiger charge is -2.11. The van der Waals surface area contributed by atoms with Crippen LogP contribution in [0.5, 0.6) is 0 Å². The summed E-state index contributed by atoms with van der Waals surface area (Å²) in [4.78, 5) is 11.3. The summed E-state index contributed by atoms with van der Waals surface area (Å²) < 4.78 is 38.2. The first-order valence-corrected chi connectivity index (χ1v) is 7.03. The number of benzene rings is 1. The van der Waals surface area contributed by atoms with Crippen molar-refractivity contribution in [3.8, 4) is 11.1 Å². The summed E-state index contributed by atoms with van der Waals surface area (Å²) in [6.45, 7) is 1.89. The summed E-state index contributed by atoms with van der Waals surface area (Å²) >= 11 is 0. The summed E-state index contributed by atoms with van der Waals surface area (Å²) in [5.74, 6) is -0.110. The zero-order chi connectivity index (χ0) is 17.2. The van der Waals surface area contributed by atoms with Crippen LogP contribution in [-0.4, -0.2) is 15.0 Å². The van der Waals surface area contributed by atoms with E-state index in [-0.39, 0.29) is 5.95 Å². The number of aryl methyl sites for hydroxylation is 1. The van der Waals surface area contributed by atoms with Crippen molar-refractivity contribution < 1.29 is 13.2 Å². The summed E-state index contributed by atoms with van der Waals surface area (Å²) in [6.07, 6.45) is 0.930. The van der Waals surface area contributed by atoms with E-state index >= 15 is 0 Å². The number of hydrogen-bond donors (Lipinski definition) is 1. The Morgan fingerprint density at radius 2 is 1.92 bits per heavy atom. The molecule has 4 nitrogen and oxygen atoms in total. The van der Waals surface area contributed by atoms with E-state index in [9.17, 15) is 13.2 Å². The minimum absolute atomic E-state index is 0.110. The van der Waals surface area contributed by atoms with Crippen LogP contribution in [0, 0.1) is 13.1 Å². The number of hydrogen-bond acceptors (Lipinski definition) is 4. The Bertz CT molecular complexity index is 848. The Hall–Kier alpha value is -2.96. The van der Waals surface area contributed by atoms with E-state index in [1.165, 1.54) is 0 Å². The Balaban J connectivity index is 1.92. The predicted octanol–water partition coefficient (Wildman–Crippen LogP) is 4.41. The fraction of sp³-hybridized carbons (Fsp3) is 0.118. The fourth-order valence-corrected chi connectivity index (χ4v) is 2.22. The van der Waals surface area contributed by atoms with Gasteiger partial charge in [-0.2, -0.15) is 13.2 Å². The molecule has 0 spiro atoms. The van der Waals surface area contributed by atoms with Crippen LogP contribution < -0.4 is 5.32 Å². The Labute approximate surface area is 136 Å². The van der Waals surface area contributed by atoms with E-state index in [0.717, 1.165) is 29.0 Å². The minimum atomic E-state index is -4.51. The first kappa shape index (κ1) is 15.9. The summed E-state index contributed by atoms with van der Waals surface area (Å²) in [5, 5.41) is 2.82. The summed E-state index contributed by atoms with van der Waals surface area (Å²) in [5.41, 5.74) is 2.30. The second-order valence-corrected chi connectivity index (χ2v) is 5.15. The molecular formula is C17H12F3N4. The molecular weight excluding hydrogens is 317 g/mol. The van der Waals surface area contributed by atoms with E-state index in [2.05, 4.69) is 26.5 Å². The van der Waals surface area contributed by atoms with Crippen molar-refractivity contribution in [2.24, 2.45) is 0 Å². The van der Waals surface area contributed by atoms with Gasteiger partial charge in [-0.05, 0) is 42.3 Å². The second kappa shape index (κ2) is 6.27. The highest BCUT2D eigenvalue weighted by atomic mass is 19.4. The molecule has 0 bridgehead atoms. The van der Waals surface area contributed by atoms with Gasteiger partial charge in [0, 0.05) is 23.6 Å². The van der Waals surface area contributed by atoms with Gasteiger partial charge in [-0.3, -0.25) is 4.98 Å². The number of rotatable bonds is 3. The van der Waals surface area contributed by atoms with Crippen molar-refractivity contribution in [3.05, 3.63) is 66.2 Å². The average Bonchev–Trinajstić information content (AvgIpc) is 2.54. The van der Waals surface area contributed by atoms with Gasteiger partial charge in [0.05, 0.1) is 6.20 Å². The van der Waals surface area contributed by atoms with E-state index in [0.29, 0.717) is 5.69 Å². The minimum Gasteiger partial charge on any atom is -0.324 e. The Kier molecular flexibility index (Phi) is 4.16. The van der Waals surface area contributed by atoms with Crippen molar-refractivity contribution >= 4 is 11.6 Å². The van der Waals surface area contributed by atoms with Crippen LogP contribution in [0.1, 0.15) is 11.3 Å². The first-order chi connectivity index (χ1) is 11.4. The maximum Gasteiger partial charge on any atom is 0.433 e. The number of nitrogens with one attached hydrogen (secondary N) is 1. The number of halogens is 3. The maximum atomic E-state index is 12.7. The lowest BCUT2D eigenvalue weighted by atomic mass is 10.0. The molecule has 121 valence electrons. The summed E-state index contributed by atoms with van der Waals surface area (Å²) in [7, 11) is 0. The summed E-state index contributed by atoms with van der Waals surface area (Å²) in [6, 6.07) is 9.93. The molecule has 0 unspecified atom stereocenters. The van der Waals surface area contributed by atoms with Crippen LogP contribution in [-0.2, 0) is 6.18 Å². The van der Waals surface area contributed by atoms with Gasteiger partial charge < -0.3 is 5.32 Å². The van der Waals surface area contributed by atoms with Gasteiger partial charge in [0.25, 0.3) is 0 Å². The molecule has 1 radical (unpaired) electrons. The number of alkyl halides is 3. The molecule has 2 aromatic heterocycles. The van der Waals surface area contributed by atoms with E-state index < -0.39 is 11.9 Å². The lowest BCUT2D eigenvalue weighted by molar-refractivity contribution is -0.141. The molecule has 3 rings (SSSR count). The van der Waals surface area contributed by atoms with E-state index in [4.69, 9.17) is 0 Å². The second-order valence-electron chi connectivity index (χ2n) is 5.15. The molecule has 0 aliphatic carbocycles. The largest absolute Gasteiger partial charge is 0.433 e. The van der Waals surface area contributed by atoms with Crippen LogP contribution in [0.15, 0.2) is 48.8 Å². The quantitative estimate of drug-likeness (QED) is 0.773. The molecule has 0 atom stereocenters. The van der Waals surface area contributed by atoms with Gasteiger partial charge >= 0.3 is 6.18 Å². The van der Waals surface area contributed by atoms with Crippen molar-refractivity contribution in [1.29, 1.82) is 0 Å². The highest BCUT2D eigenvalue weighted by molar-refractivity contribution is 5.70. The van der Waals surface area contributed by atoms with Gasteiger partial charge in [0.15, 0.2) is 0 Å². The van der Waals surface area contributed by atoms with Crippen LogP contribution in [0.3, 0.4) is 0 Å². The normalized spacial score (nSPS) is 11.3.